The zero-order valence-corrected chi connectivity index (χ0v) is 16.7. The van der Waals surface area contributed by atoms with Crippen molar-refractivity contribution in [3.8, 4) is 0 Å². The number of carbonyl (C=O) groups excluding carboxylic acids is 2. The molecule has 1 aromatic heterocycles. The summed E-state index contributed by atoms with van der Waals surface area (Å²) in [5.74, 6) is -0.128. The second-order valence-corrected chi connectivity index (χ2v) is 7.25. The van der Waals surface area contributed by atoms with Gasteiger partial charge in [0.2, 0.25) is 0 Å². The number of rotatable bonds is 6. The highest BCUT2D eigenvalue weighted by molar-refractivity contribution is 8.00. The minimum absolute atomic E-state index is 0.151. The van der Waals surface area contributed by atoms with Crippen molar-refractivity contribution in [1.29, 1.82) is 0 Å². The Morgan fingerprint density at radius 1 is 1.14 bits per heavy atom. The number of hydrogen-bond acceptors (Lipinski definition) is 5. The lowest BCUT2D eigenvalue weighted by Crippen LogP contribution is -2.26. The first-order chi connectivity index (χ1) is 13.5. The maximum Gasteiger partial charge on any atom is 0.256 e. The van der Waals surface area contributed by atoms with Gasteiger partial charge >= 0.3 is 0 Å². The standard InChI is InChI=1S/C21H21N3O3S/c1-14-7-8-15-11-17(9-10-19(15)22-14)23-21(26)16-5-4-6-18(12-16)28-13-20(25)24(2)27-3/h4-12H,13H2,1-3H3,(H,23,26). The molecule has 3 rings (SSSR count). The SMILES string of the molecule is CON(C)C(=O)CSc1cccc(C(=O)Nc2ccc3nc(C)ccc3c2)c1. The van der Waals surface area contributed by atoms with Gasteiger partial charge in [-0.2, -0.15) is 0 Å². The van der Waals surface area contributed by atoms with Gasteiger partial charge in [-0.1, -0.05) is 12.1 Å². The molecule has 7 heteroatoms. The highest BCUT2D eigenvalue weighted by Gasteiger charge is 2.11. The van der Waals surface area contributed by atoms with Crippen LogP contribution in [0.4, 0.5) is 5.69 Å². The van der Waals surface area contributed by atoms with Gasteiger partial charge in [-0.05, 0) is 49.4 Å². The van der Waals surface area contributed by atoms with E-state index in [0.29, 0.717) is 11.3 Å². The van der Waals surface area contributed by atoms with Crippen LogP contribution in [0.2, 0.25) is 0 Å². The summed E-state index contributed by atoms with van der Waals surface area (Å²) in [7, 11) is 3.00. The van der Waals surface area contributed by atoms with Crippen molar-refractivity contribution >= 4 is 40.2 Å². The van der Waals surface area contributed by atoms with Crippen LogP contribution in [0.5, 0.6) is 0 Å². The summed E-state index contributed by atoms with van der Waals surface area (Å²) in [4.78, 5) is 34.6. The molecule has 0 spiro atoms. The molecule has 0 saturated carbocycles. The highest BCUT2D eigenvalue weighted by Crippen LogP contribution is 2.22. The van der Waals surface area contributed by atoms with Crippen LogP contribution in [0.25, 0.3) is 10.9 Å². The zero-order chi connectivity index (χ0) is 20.1. The summed E-state index contributed by atoms with van der Waals surface area (Å²) in [6.45, 7) is 1.95. The van der Waals surface area contributed by atoms with E-state index in [1.165, 1.54) is 23.9 Å². The molecule has 28 heavy (non-hydrogen) atoms. The van der Waals surface area contributed by atoms with E-state index >= 15 is 0 Å². The number of hydrogen-bond donors (Lipinski definition) is 1. The van der Waals surface area contributed by atoms with Gasteiger partial charge in [-0.3, -0.25) is 19.4 Å². The number of carbonyl (C=O) groups is 2. The van der Waals surface area contributed by atoms with Crippen molar-refractivity contribution in [2.75, 3.05) is 25.2 Å². The molecule has 0 atom stereocenters. The van der Waals surface area contributed by atoms with Crippen molar-refractivity contribution in [1.82, 2.24) is 10.0 Å². The van der Waals surface area contributed by atoms with Crippen molar-refractivity contribution < 1.29 is 14.4 Å². The van der Waals surface area contributed by atoms with Crippen molar-refractivity contribution in [2.24, 2.45) is 0 Å². The maximum absolute atomic E-state index is 12.6. The number of benzene rings is 2. The molecule has 144 valence electrons. The minimum Gasteiger partial charge on any atom is -0.322 e. The lowest BCUT2D eigenvalue weighted by Gasteiger charge is -2.13. The summed E-state index contributed by atoms with van der Waals surface area (Å²) in [5, 5.41) is 5.06. The molecule has 1 heterocycles. The van der Waals surface area contributed by atoms with Crippen molar-refractivity contribution in [2.45, 2.75) is 11.8 Å². The first-order valence-electron chi connectivity index (χ1n) is 8.68. The molecular weight excluding hydrogens is 374 g/mol. The fourth-order valence-electron chi connectivity index (χ4n) is 2.57. The van der Waals surface area contributed by atoms with Crippen LogP contribution in [0, 0.1) is 6.92 Å². The second kappa shape index (κ2) is 8.86. The molecule has 2 aromatic carbocycles. The predicted molar refractivity (Wildman–Crippen MR) is 111 cm³/mol. The Labute approximate surface area is 167 Å². The number of nitrogens with zero attached hydrogens (tertiary/aromatic N) is 2. The quantitative estimate of drug-likeness (QED) is 0.506. The van der Waals surface area contributed by atoms with Gasteiger partial charge < -0.3 is 5.32 Å². The summed E-state index contributed by atoms with van der Waals surface area (Å²) in [5.41, 5.74) is 3.08. The van der Waals surface area contributed by atoms with Gasteiger partial charge in [-0.25, -0.2) is 5.06 Å². The molecule has 0 aliphatic rings. The highest BCUT2D eigenvalue weighted by atomic mass is 32.2. The van der Waals surface area contributed by atoms with E-state index in [1.807, 2.05) is 43.3 Å². The zero-order valence-electron chi connectivity index (χ0n) is 15.9. The van der Waals surface area contributed by atoms with E-state index in [9.17, 15) is 9.59 Å². The molecule has 0 fully saturated rings. The lowest BCUT2D eigenvalue weighted by molar-refractivity contribution is -0.165. The fraction of sp³-hybridized carbons (Fsp3) is 0.190. The van der Waals surface area contributed by atoms with E-state index in [2.05, 4.69) is 10.3 Å². The van der Waals surface area contributed by atoms with Crippen LogP contribution in [-0.4, -0.2) is 41.8 Å². The Hall–Kier alpha value is -2.90. The Kier molecular flexibility index (Phi) is 6.28. The summed E-state index contributed by atoms with van der Waals surface area (Å²) in [6.07, 6.45) is 0. The summed E-state index contributed by atoms with van der Waals surface area (Å²) < 4.78 is 0. The van der Waals surface area contributed by atoms with Crippen molar-refractivity contribution in [3.05, 3.63) is 65.9 Å². The van der Waals surface area contributed by atoms with E-state index in [1.54, 1.807) is 25.2 Å². The van der Waals surface area contributed by atoms with E-state index in [0.717, 1.165) is 21.5 Å². The Morgan fingerprint density at radius 3 is 2.75 bits per heavy atom. The van der Waals surface area contributed by atoms with Gasteiger partial charge in [0.1, 0.15) is 0 Å². The molecule has 2 amide bonds. The number of fused-ring (bicyclic) bond motifs is 1. The monoisotopic (exact) mass is 395 g/mol. The first kappa shape index (κ1) is 19.9. The third-order valence-corrected chi connectivity index (χ3v) is 5.15. The van der Waals surface area contributed by atoms with Crippen LogP contribution in [-0.2, 0) is 9.63 Å². The van der Waals surface area contributed by atoms with Crippen LogP contribution in [0.1, 0.15) is 16.1 Å². The largest absolute Gasteiger partial charge is 0.322 e. The molecule has 6 nitrogen and oxygen atoms in total. The van der Waals surface area contributed by atoms with E-state index < -0.39 is 0 Å². The normalized spacial score (nSPS) is 10.7. The Balaban J connectivity index is 1.69. The number of amides is 2. The average molecular weight is 395 g/mol. The second-order valence-electron chi connectivity index (χ2n) is 6.20. The molecule has 0 unspecified atom stereocenters. The molecule has 0 aliphatic carbocycles. The van der Waals surface area contributed by atoms with Crippen LogP contribution >= 0.6 is 11.8 Å². The first-order valence-corrected chi connectivity index (χ1v) is 9.67. The third kappa shape index (κ3) is 4.88. The lowest BCUT2D eigenvalue weighted by atomic mass is 10.1. The van der Waals surface area contributed by atoms with Crippen LogP contribution in [0.15, 0.2) is 59.5 Å². The molecule has 0 bridgehead atoms. The Morgan fingerprint density at radius 2 is 1.96 bits per heavy atom. The fourth-order valence-corrected chi connectivity index (χ4v) is 3.43. The minimum atomic E-state index is -0.206. The number of hydroxylamine groups is 2. The van der Waals surface area contributed by atoms with Gasteiger partial charge in [0.25, 0.3) is 11.8 Å². The molecule has 1 N–H and O–H groups in total. The molecule has 0 aliphatic heterocycles. The van der Waals surface area contributed by atoms with Gasteiger partial charge in [0.15, 0.2) is 0 Å². The van der Waals surface area contributed by atoms with Gasteiger partial charge in [-0.15, -0.1) is 11.8 Å². The summed E-state index contributed by atoms with van der Waals surface area (Å²) >= 11 is 1.35. The third-order valence-electron chi connectivity index (χ3n) is 4.17. The van der Waals surface area contributed by atoms with Gasteiger partial charge in [0, 0.05) is 34.3 Å². The van der Waals surface area contributed by atoms with E-state index in [-0.39, 0.29) is 17.6 Å². The van der Waals surface area contributed by atoms with Crippen molar-refractivity contribution in [3.63, 3.8) is 0 Å². The van der Waals surface area contributed by atoms with Crippen LogP contribution in [0.3, 0.4) is 0 Å². The van der Waals surface area contributed by atoms with Crippen LogP contribution < -0.4 is 5.32 Å². The average Bonchev–Trinajstić information content (AvgIpc) is 2.71. The number of pyridine rings is 1. The number of aromatic nitrogens is 1. The number of thioether (sulfide) groups is 1. The topological polar surface area (TPSA) is 71.5 Å². The molecular formula is C21H21N3O3S. The smallest absolute Gasteiger partial charge is 0.256 e. The maximum atomic E-state index is 12.6. The molecule has 3 aromatic rings. The number of anilines is 1. The van der Waals surface area contributed by atoms with E-state index in [4.69, 9.17) is 4.84 Å². The number of aryl methyl sites for hydroxylation is 1. The molecule has 0 radical (unpaired) electrons. The summed E-state index contributed by atoms with van der Waals surface area (Å²) in [6, 6.07) is 16.7. The molecule has 0 saturated heterocycles. The predicted octanol–water partition coefficient (Wildman–Crippen LogP) is 3.91. The number of nitrogens with one attached hydrogen (secondary N) is 1. The van der Waals surface area contributed by atoms with Gasteiger partial charge in [0.05, 0.1) is 18.4 Å². The Bertz CT molecular complexity index is 1020.